The average molecular weight is 544 g/mol. The third-order valence-electron chi connectivity index (χ3n) is 5.36. The van der Waals surface area contributed by atoms with Gasteiger partial charge in [-0.2, -0.15) is 0 Å². The fourth-order valence-electron chi connectivity index (χ4n) is 3.53. The number of aliphatic hydroxyl groups excluding tert-OH is 1. The van der Waals surface area contributed by atoms with Crippen molar-refractivity contribution in [3.8, 4) is 22.4 Å². The van der Waals surface area contributed by atoms with Crippen molar-refractivity contribution in [2.75, 3.05) is 6.54 Å². The lowest BCUT2D eigenvalue weighted by Gasteiger charge is -2.24. The first-order chi connectivity index (χ1) is 17.7. The predicted molar refractivity (Wildman–Crippen MR) is 135 cm³/mol. The number of benzene rings is 3. The molecule has 4 rings (SSSR count). The molecule has 0 saturated heterocycles. The molecule has 1 amide bonds. The fourth-order valence-corrected chi connectivity index (χ4v) is 3.89. The SMILES string of the molecule is O=C(NN(Cc1ccc(-c2cc(Cl)ccc2F)cc1)C[C@@H](O)C(=O)O)c1cc(-c2cccc(Cl)c2)no1. The van der Waals surface area contributed by atoms with Crippen molar-refractivity contribution >= 4 is 35.1 Å². The van der Waals surface area contributed by atoms with Gasteiger partial charge in [0.1, 0.15) is 11.5 Å². The number of nitrogens with one attached hydrogen (secondary N) is 1. The molecule has 0 aliphatic rings. The number of hydrogen-bond donors (Lipinski definition) is 3. The molecular formula is C26H20Cl2FN3O5. The van der Waals surface area contributed by atoms with Crippen molar-refractivity contribution in [1.29, 1.82) is 0 Å². The Kier molecular flexibility index (Phi) is 8.20. The van der Waals surface area contributed by atoms with Crippen LogP contribution in [0.15, 0.2) is 77.3 Å². The molecule has 0 spiro atoms. The van der Waals surface area contributed by atoms with Crippen LogP contribution < -0.4 is 5.43 Å². The number of hydrazine groups is 1. The van der Waals surface area contributed by atoms with E-state index in [4.69, 9.17) is 32.8 Å². The van der Waals surface area contributed by atoms with Crippen LogP contribution in [-0.4, -0.2) is 44.9 Å². The number of carbonyl (C=O) groups excluding carboxylic acids is 1. The summed E-state index contributed by atoms with van der Waals surface area (Å²) in [4.78, 5) is 24.0. The van der Waals surface area contributed by atoms with Gasteiger partial charge in [-0.15, -0.1) is 0 Å². The van der Waals surface area contributed by atoms with Crippen LogP contribution in [0.2, 0.25) is 10.0 Å². The molecule has 0 saturated carbocycles. The molecule has 190 valence electrons. The zero-order valence-electron chi connectivity index (χ0n) is 19.1. The zero-order valence-corrected chi connectivity index (χ0v) is 20.6. The molecule has 0 aliphatic carbocycles. The summed E-state index contributed by atoms with van der Waals surface area (Å²) in [5.74, 6) is -2.71. The molecule has 0 unspecified atom stereocenters. The second kappa shape index (κ2) is 11.5. The molecule has 11 heteroatoms. The van der Waals surface area contributed by atoms with Crippen LogP contribution in [0, 0.1) is 5.82 Å². The summed E-state index contributed by atoms with van der Waals surface area (Å²) in [7, 11) is 0. The zero-order chi connectivity index (χ0) is 26.5. The molecular weight excluding hydrogens is 524 g/mol. The van der Waals surface area contributed by atoms with E-state index < -0.39 is 30.3 Å². The number of hydrogen-bond acceptors (Lipinski definition) is 6. The van der Waals surface area contributed by atoms with Gasteiger partial charge in [0.05, 0.1) is 6.54 Å². The lowest BCUT2D eigenvalue weighted by molar-refractivity contribution is -0.148. The molecule has 0 bridgehead atoms. The van der Waals surface area contributed by atoms with E-state index in [2.05, 4.69) is 10.6 Å². The number of carboxylic acid groups (broad SMARTS) is 1. The standard InChI is InChI=1S/C26H20Cl2FN3O5/c27-18-3-1-2-17(10-18)22-12-24(37-31-22)25(34)30-32(14-23(33)26(35)36)13-15-4-6-16(7-5-15)20-11-19(28)8-9-21(20)29/h1-12,23,33H,13-14H2,(H,30,34)(H,35,36)/t23-/m1/s1. The molecule has 1 aromatic heterocycles. The summed E-state index contributed by atoms with van der Waals surface area (Å²) >= 11 is 12.0. The second-order valence-electron chi connectivity index (χ2n) is 8.08. The van der Waals surface area contributed by atoms with Gasteiger partial charge >= 0.3 is 11.9 Å². The summed E-state index contributed by atoms with van der Waals surface area (Å²) in [6.07, 6.45) is -1.77. The van der Waals surface area contributed by atoms with Gasteiger partial charge in [0.15, 0.2) is 6.10 Å². The number of carbonyl (C=O) groups is 2. The van der Waals surface area contributed by atoms with E-state index in [0.717, 1.165) is 0 Å². The third-order valence-corrected chi connectivity index (χ3v) is 5.83. The Balaban J connectivity index is 1.50. The van der Waals surface area contributed by atoms with Crippen LogP contribution in [0.3, 0.4) is 0 Å². The van der Waals surface area contributed by atoms with Gasteiger partial charge in [-0.05, 0) is 41.5 Å². The van der Waals surface area contributed by atoms with E-state index in [0.29, 0.717) is 38.0 Å². The molecule has 1 heterocycles. The number of aliphatic carboxylic acids is 1. The van der Waals surface area contributed by atoms with E-state index in [9.17, 15) is 19.1 Å². The fraction of sp³-hybridized carbons (Fsp3) is 0.115. The molecule has 0 aliphatic heterocycles. The van der Waals surface area contributed by atoms with Crippen molar-refractivity contribution < 1.29 is 28.7 Å². The van der Waals surface area contributed by atoms with Gasteiger partial charge in [-0.3, -0.25) is 10.2 Å². The Hall–Kier alpha value is -3.76. The molecule has 37 heavy (non-hydrogen) atoms. The minimum absolute atomic E-state index is 0.0314. The molecule has 3 N–H and O–H groups in total. The number of nitrogens with zero attached hydrogens (tertiary/aromatic N) is 2. The Labute approximate surface area is 220 Å². The summed E-state index contributed by atoms with van der Waals surface area (Å²) < 4.78 is 19.4. The first kappa shape index (κ1) is 26.3. The predicted octanol–water partition coefficient (Wildman–Crippen LogP) is 5.05. The van der Waals surface area contributed by atoms with Crippen LogP contribution in [0.4, 0.5) is 4.39 Å². The Bertz CT molecular complexity index is 1430. The number of amides is 1. The topological polar surface area (TPSA) is 116 Å². The molecule has 1 atom stereocenters. The summed E-state index contributed by atoms with van der Waals surface area (Å²) in [6.45, 7) is -0.384. The maximum atomic E-state index is 14.2. The van der Waals surface area contributed by atoms with Crippen molar-refractivity contribution in [3.05, 3.63) is 100.0 Å². The Morgan fingerprint density at radius 3 is 2.43 bits per heavy atom. The number of halogens is 3. The van der Waals surface area contributed by atoms with Gasteiger partial charge < -0.3 is 14.7 Å². The smallest absolute Gasteiger partial charge is 0.333 e. The van der Waals surface area contributed by atoms with Crippen molar-refractivity contribution in [2.45, 2.75) is 12.6 Å². The molecule has 4 aromatic rings. The lowest BCUT2D eigenvalue weighted by atomic mass is 10.0. The van der Waals surface area contributed by atoms with Gasteiger partial charge in [0.2, 0.25) is 5.76 Å². The maximum Gasteiger partial charge on any atom is 0.333 e. The monoisotopic (exact) mass is 543 g/mol. The number of carboxylic acids is 1. The highest BCUT2D eigenvalue weighted by atomic mass is 35.5. The average Bonchev–Trinajstić information content (AvgIpc) is 3.37. The minimum Gasteiger partial charge on any atom is -0.479 e. The lowest BCUT2D eigenvalue weighted by Crippen LogP contribution is -2.47. The van der Waals surface area contributed by atoms with Crippen LogP contribution >= 0.6 is 23.2 Å². The number of aromatic nitrogens is 1. The second-order valence-corrected chi connectivity index (χ2v) is 8.96. The first-order valence-electron chi connectivity index (χ1n) is 10.9. The third kappa shape index (κ3) is 6.72. The van der Waals surface area contributed by atoms with E-state index >= 15 is 0 Å². The van der Waals surface area contributed by atoms with E-state index in [1.54, 1.807) is 48.5 Å². The van der Waals surface area contributed by atoms with Gasteiger partial charge in [-0.1, -0.05) is 64.8 Å². The minimum atomic E-state index is -1.77. The quantitative estimate of drug-likeness (QED) is 0.253. The van der Waals surface area contributed by atoms with E-state index in [1.807, 2.05) is 0 Å². The largest absolute Gasteiger partial charge is 0.479 e. The Morgan fingerprint density at radius 1 is 1.00 bits per heavy atom. The molecule has 0 radical (unpaired) electrons. The van der Waals surface area contributed by atoms with Crippen molar-refractivity contribution in [3.63, 3.8) is 0 Å². The van der Waals surface area contributed by atoms with Crippen LogP contribution in [-0.2, 0) is 11.3 Å². The number of aliphatic hydroxyl groups is 1. The van der Waals surface area contributed by atoms with Crippen LogP contribution in [0.5, 0.6) is 0 Å². The van der Waals surface area contributed by atoms with Crippen molar-refractivity contribution in [2.24, 2.45) is 0 Å². The maximum absolute atomic E-state index is 14.2. The summed E-state index contributed by atoms with van der Waals surface area (Å²) in [5.41, 5.74) is 5.13. The molecule has 0 fully saturated rings. The highest BCUT2D eigenvalue weighted by molar-refractivity contribution is 6.31. The summed E-state index contributed by atoms with van der Waals surface area (Å²) in [6, 6.07) is 19.2. The van der Waals surface area contributed by atoms with Gasteiger partial charge in [-0.25, -0.2) is 14.2 Å². The highest BCUT2D eigenvalue weighted by Crippen LogP contribution is 2.27. The Morgan fingerprint density at radius 2 is 1.73 bits per heavy atom. The van der Waals surface area contributed by atoms with E-state index in [1.165, 1.54) is 29.3 Å². The van der Waals surface area contributed by atoms with Crippen LogP contribution in [0.25, 0.3) is 22.4 Å². The van der Waals surface area contributed by atoms with Crippen LogP contribution in [0.1, 0.15) is 16.1 Å². The van der Waals surface area contributed by atoms with Gasteiger partial charge in [0, 0.05) is 33.8 Å². The molecule has 3 aromatic carbocycles. The first-order valence-corrected chi connectivity index (χ1v) is 11.7. The normalized spacial score (nSPS) is 11.9. The molecule has 8 nitrogen and oxygen atoms in total. The van der Waals surface area contributed by atoms with Gasteiger partial charge in [0.25, 0.3) is 0 Å². The number of rotatable bonds is 9. The summed E-state index contributed by atoms with van der Waals surface area (Å²) in [5, 5.41) is 25.0. The van der Waals surface area contributed by atoms with E-state index in [-0.39, 0.29) is 12.3 Å². The van der Waals surface area contributed by atoms with Crippen molar-refractivity contribution in [1.82, 2.24) is 15.6 Å². The highest BCUT2D eigenvalue weighted by Gasteiger charge is 2.22.